The summed E-state index contributed by atoms with van der Waals surface area (Å²) >= 11 is 5.89. The summed E-state index contributed by atoms with van der Waals surface area (Å²) in [6, 6.07) is 10.9. The minimum Gasteiger partial charge on any atom is -0.478 e. The number of carboxylic acid groups (broad SMARTS) is 1. The molecule has 4 rings (SSSR count). The molecule has 0 atom stereocenters. The standard InChI is InChI=1S/C29H30ClF3N4O4/c1-28(2,17-40-12-4-3-10-34-15-18-5-8-25(23(30)13-18)41-29(31,32)33)37-26-21-9-11-35-16-22(21)20-7-6-19(27(38)39)14-24(20)36-26/h5-9,11,13-14,16,34H,3-4,10,12,15,17H2,1-2H3,(H,36,37)(H,38,39). The van der Waals surface area contributed by atoms with Crippen LogP contribution in [0.5, 0.6) is 5.75 Å². The molecule has 4 aromatic rings. The molecule has 0 aliphatic heterocycles. The topological polar surface area (TPSA) is 106 Å². The maximum absolute atomic E-state index is 12.4. The number of hydrogen-bond donors (Lipinski definition) is 3. The van der Waals surface area contributed by atoms with Crippen molar-refractivity contribution in [1.82, 2.24) is 15.3 Å². The van der Waals surface area contributed by atoms with Gasteiger partial charge in [-0.25, -0.2) is 9.78 Å². The van der Waals surface area contributed by atoms with Gasteiger partial charge >= 0.3 is 12.3 Å². The smallest absolute Gasteiger partial charge is 0.478 e. The second-order valence-corrected chi connectivity index (χ2v) is 10.6. The molecule has 3 N–H and O–H groups in total. The number of alkyl halides is 3. The van der Waals surface area contributed by atoms with Gasteiger partial charge in [0.2, 0.25) is 0 Å². The van der Waals surface area contributed by atoms with E-state index < -0.39 is 23.6 Å². The predicted octanol–water partition coefficient (Wildman–Crippen LogP) is 6.81. The third-order valence-corrected chi connectivity index (χ3v) is 6.50. The van der Waals surface area contributed by atoms with E-state index in [-0.39, 0.29) is 10.6 Å². The molecular formula is C29H30ClF3N4O4. The quantitative estimate of drug-likeness (QED) is 0.115. The Balaban J connectivity index is 1.24. The van der Waals surface area contributed by atoms with E-state index in [0.717, 1.165) is 34.6 Å². The third kappa shape index (κ3) is 8.42. The van der Waals surface area contributed by atoms with E-state index >= 15 is 0 Å². The number of nitrogens with zero attached hydrogens (tertiary/aromatic N) is 2. The molecule has 12 heteroatoms. The second kappa shape index (κ2) is 12.9. The summed E-state index contributed by atoms with van der Waals surface area (Å²) in [4.78, 5) is 20.4. The van der Waals surface area contributed by atoms with Crippen LogP contribution < -0.4 is 15.4 Å². The second-order valence-electron chi connectivity index (χ2n) is 10.2. The van der Waals surface area contributed by atoms with Gasteiger partial charge in [0.15, 0.2) is 0 Å². The van der Waals surface area contributed by atoms with Crippen molar-refractivity contribution in [3.05, 3.63) is 71.0 Å². The number of anilines is 1. The number of aromatic carboxylic acids is 1. The highest BCUT2D eigenvalue weighted by atomic mass is 35.5. The lowest BCUT2D eigenvalue weighted by molar-refractivity contribution is -0.274. The molecule has 0 amide bonds. The molecule has 2 heterocycles. The molecule has 0 saturated carbocycles. The SMILES string of the molecule is CC(C)(COCCCCNCc1ccc(OC(F)(F)F)c(Cl)c1)Nc1nc2cc(C(=O)O)ccc2c2cnccc12. The lowest BCUT2D eigenvalue weighted by atomic mass is 10.0. The van der Waals surface area contributed by atoms with Crippen LogP contribution >= 0.6 is 11.6 Å². The zero-order valence-electron chi connectivity index (χ0n) is 22.5. The average Bonchev–Trinajstić information content (AvgIpc) is 2.90. The summed E-state index contributed by atoms with van der Waals surface area (Å²) in [6.45, 7) is 6.10. The number of aromatic nitrogens is 2. The van der Waals surface area contributed by atoms with E-state index in [1.807, 2.05) is 19.9 Å². The van der Waals surface area contributed by atoms with Crippen LogP contribution in [-0.2, 0) is 11.3 Å². The Kier molecular flexibility index (Phi) is 9.52. The predicted molar refractivity (Wildman–Crippen MR) is 152 cm³/mol. The summed E-state index contributed by atoms with van der Waals surface area (Å²) < 4.78 is 46.9. The van der Waals surface area contributed by atoms with Crippen LogP contribution in [0.3, 0.4) is 0 Å². The fraction of sp³-hybridized carbons (Fsp3) is 0.345. The lowest BCUT2D eigenvalue weighted by Crippen LogP contribution is -2.37. The zero-order valence-corrected chi connectivity index (χ0v) is 23.3. The fourth-order valence-corrected chi connectivity index (χ4v) is 4.55. The Hall–Kier alpha value is -3.67. The normalized spacial score (nSPS) is 12.1. The average molecular weight is 591 g/mol. The van der Waals surface area contributed by atoms with Crippen molar-refractivity contribution in [1.29, 1.82) is 0 Å². The Bertz CT molecular complexity index is 1530. The van der Waals surface area contributed by atoms with Gasteiger partial charge in [0.1, 0.15) is 11.6 Å². The number of nitrogens with one attached hydrogen (secondary N) is 2. The molecule has 0 fully saturated rings. The highest BCUT2D eigenvalue weighted by Crippen LogP contribution is 2.32. The summed E-state index contributed by atoms with van der Waals surface area (Å²) in [6.07, 6.45) is 0.296. The molecule has 218 valence electrons. The molecule has 2 aromatic heterocycles. The third-order valence-electron chi connectivity index (χ3n) is 6.21. The number of carbonyl (C=O) groups is 1. The van der Waals surface area contributed by atoms with Crippen molar-refractivity contribution < 1.29 is 32.5 Å². The monoisotopic (exact) mass is 590 g/mol. The van der Waals surface area contributed by atoms with Crippen molar-refractivity contribution in [3.63, 3.8) is 0 Å². The zero-order chi connectivity index (χ0) is 29.6. The van der Waals surface area contributed by atoms with Crippen LogP contribution in [0.25, 0.3) is 21.7 Å². The molecule has 0 saturated heterocycles. The summed E-state index contributed by atoms with van der Waals surface area (Å²) in [5.74, 6) is -0.823. The molecule has 0 aliphatic carbocycles. The van der Waals surface area contributed by atoms with Gasteiger partial charge in [0.05, 0.1) is 28.2 Å². The molecular weight excluding hydrogens is 561 g/mol. The molecule has 2 aromatic carbocycles. The number of unbranched alkanes of at least 4 members (excludes halogenated alkanes) is 1. The summed E-state index contributed by atoms with van der Waals surface area (Å²) in [5.41, 5.74) is 0.998. The van der Waals surface area contributed by atoms with Crippen LogP contribution in [0.15, 0.2) is 54.9 Å². The van der Waals surface area contributed by atoms with Crippen LogP contribution in [0.1, 0.15) is 42.6 Å². The van der Waals surface area contributed by atoms with E-state index in [0.29, 0.717) is 37.6 Å². The van der Waals surface area contributed by atoms with Crippen LogP contribution in [0.2, 0.25) is 5.02 Å². The van der Waals surface area contributed by atoms with Crippen molar-refractivity contribution in [3.8, 4) is 5.75 Å². The van der Waals surface area contributed by atoms with Gasteiger partial charge in [0, 0.05) is 41.7 Å². The molecule has 0 unspecified atom stereocenters. The Labute approximate surface area is 239 Å². The van der Waals surface area contributed by atoms with Gasteiger partial charge in [-0.1, -0.05) is 23.7 Å². The van der Waals surface area contributed by atoms with Crippen LogP contribution in [0, 0.1) is 0 Å². The first-order chi connectivity index (χ1) is 19.4. The summed E-state index contributed by atoms with van der Waals surface area (Å²) in [7, 11) is 0. The first kappa shape index (κ1) is 30.3. The largest absolute Gasteiger partial charge is 0.573 e. The van der Waals surface area contributed by atoms with Crippen molar-refractivity contribution >= 4 is 45.1 Å². The number of carboxylic acids is 1. The number of fused-ring (bicyclic) bond motifs is 3. The Morgan fingerprint density at radius 2 is 1.85 bits per heavy atom. The number of benzene rings is 2. The van der Waals surface area contributed by atoms with Crippen LogP contribution in [0.4, 0.5) is 19.0 Å². The lowest BCUT2D eigenvalue weighted by Gasteiger charge is -2.27. The van der Waals surface area contributed by atoms with Gasteiger partial charge in [-0.2, -0.15) is 0 Å². The van der Waals surface area contributed by atoms with E-state index in [4.69, 9.17) is 21.3 Å². The Morgan fingerprint density at radius 1 is 1.05 bits per heavy atom. The van der Waals surface area contributed by atoms with Crippen LogP contribution in [-0.4, -0.2) is 52.7 Å². The highest BCUT2D eigenvalue weighted by molar-refractivity contribution is 6.32. The highest BCUT2D eigenvalue weighted by Gasteiger charge is 2.32. The number of rotatable bonds is 13. The minimum absolute atomic E-state index is 0.0974. The first-order valence-electron chi connectivity index (χ1n) is 12.9. The van der Waals surface area contributed by atoms with Gasteiger partial charge in [-0.05, 0) is 69.1 Å². The fourth-order valence-electron chi connectivity index (χ4n) is 4.31. The number of ether oxygens (including phenoxy) is 2. The molecule has 0 bridgehead atoms. The Morgan fingerprint density at radius 3 is 2.59 bits per heavy atom. The molecule has 0 radical (unpaired) electrons. The van der Waals surface area contributed by atoms with E-state index in [1.54, 1.807) is 30.6 Å². The van der Waals surface area contributed by atoms with Crippen molar-refractivity contribution in [2.45, 2.75) is 45.1 Å². The van der Waals surface area contributed by atoms with E-state index in [2.05, 4.69) is 20.4 Å². The van der Waals surface area contributed by atoms with Gasteiger partial charge in [-0.15, -0.1) is 13.2 Å². The van der Waals surface area contributed by atoms with E-state index in [1.165, 1.54) is 18.2 Å². The molecule has 41 heavy (non-hydrogen) atoms. The molecule has 0 spiro atoms. The van der Waals surface area contributed by atoms with Gasteiger partial charge < -0.3 is 25.2 Å². The summed E-state index contributed by atoms with van der Waals surface area (Å²) in [5, 5.41) is 18.5. The van der Waals surface area contributed by atoms with Gasteiger partial charge in [0.25, 0.3) is 0 Å². The first-order valence-corrected chi connectivity index (χ1v) is 13.3. The number of halogens is 4. The maximum atomic E-state index is 12.4. The number of pyridine rings is 2. The van der Waals surface area contributed by atoms with Crippen molar-refractivity contribution in [2.75, 3.05) is 25.1 Å². The number of hydrogen-bond acceptors (Lipinski definition) is 7. The van der Waals surface area contributed by atoms with Gasteiger partial charge in [-0.3, -0.25) is 4.98 Å². The van der Waals surface area contributed by atoms with Crippen molar-refractivity contribution in [2.24, 2.45) is 0 Å². The minimum atomic E-state index is -4.79. The molecule has 8 nitrogen and oxygen atoms in total. The van der Waals surface area contributed by atoms with E-state index in [9.17, 15) is 23.1 Å². The maximum Gasteiger partial charge on any atom is 0.573 e. The molecule has 0 aliphatic rings.